The van der Waals surface area contributed by atoms with Gasteiger partial charge in [-0.05, 0) is 50.1 Å². The highest BCUT2D eigenvalue weighted by Crippen LogP contribution is 2.33. The summed E-state index contributed by atoms with van der Waals surface area (Å²) in [6.07, 6.45) is 8.43. The molecule has 0 spiro atoms. The first kappa shape index (κ1) is 17.5. The van der Waals surface area contributed by atoms with Gasteiger partial charge in [-0.15, -0.1) is 0 Å². The van der Waals surface area contributed by atoms with Crippen LogP contribution in [0, 0.1) is 6.92 Å². The molecule has 1 aromatic carbocycles. The minimum absolute atomic E-state index is 0.0733. The molecule has 1 aliphatic rings. The van der Waals surface area contributed by atoms with Crippen LogP contribution in [-0.4, -0.2) is 20.7 Å². The number of benzene rings is 1. The molecule has 0 bridgehead atoms. The van der Waals surface area contributed by atoms with Gasteiger partial charge in [0, 0.05) is 23.5 Å². The molecule has 2 heterocycles. The molecule has 138 valence electrons. The summed E-state index contributed by atoms with van der Waals surface area (Å²) in [5.41, 5.74) is 4.91. The number of nitrogens with zero attached hydrogens (tertiary/aromatic N) is 3. The Morgan fingerprint density at radius 3 is 2.52 bits per heavy atom. The second-order valence-corrected chi connectivity index (χ2v) is 7.19. The number of carbonyl (C=O) groups is 1. The molecule has 3 aromatic rings. The number of hydrogen-bond donors (Lipinski definition) is 1. The second kappa shape index (κ2) is 7.74. The zero-order valence-corrected chi connectivity index (χ0v) is 15.6. The van der Waals surface area contributed by atoms with E-state index < -0.39 is 0 Å². The maximum absolute atomic E-state index is 12.4. The predicted octanol–water partition coefficient (Wildman–Crippen LogP) is 4.30. The van der Waals surface area contributed by atoms with Crippen molar-refractivity contribution in [3.63, 3.8) is 0 Å². The molecule has 1 saturated carbocycles. The molecule has 2 aromatic heterocycles. The highest BCUT2D eigenvalue weighted by atomic mass is 16.1. The number of aromatic nitrogens is 3. The zero-order valence-electron chi connectivity index (χ0n) is 15.6. The highest BCUT2D eigenvalue weighted by molar-refractivity contribution is 5.94. The van der Waals surface area contributed by atoms with Crippen LogP contribution in [0.3, 0.4) is 0 Å². The first-order valence-corrected chi connectivity index (χ1v) is 9.54. The monoisotopic (exact) mass is 360 g/mol. The van der Waals surface area contributed by atoms with Gasteiger partial charge in [-0.2, -0.15) is 5.10 Å². The van der Waals surface area contributed by atoms with Crippen LogP contribution in [-0.2, 0) is 6.54 Å². The van der Waals surface area contributed by atoms with Gasteiger partial charge in [-0.1, -0.05) is 30.5 Å². The maximum Gasteiger partial charge on any atom is 0.251 e. The van der Waals surface area contributed by atoms with Crippen LogP contribution in [0.5, 0.6) is 0 Å². The summed E-state index contributed by atoms with van der Waals surface area (Å²) < 4.78 is 2.15. The minimum atomic E-state index is -0.0733. The van der Waals surface area contributed by atoms with E-state index in [1.54, 1.807) is 12.4 Å². The molecule has 1 aliphatic carbocycles. The van der Waals surface area contributed by atoms with Crippen molar-refractivity contribution in [1.29, 1.82) is 0 Å². The van der Waals surface area contributed by atoms with Gasteiger partial charge in [0.2, 0.25) is 0 Å². The van der Waals surface area contributed by atoms with Gasteiger partial charge in [0.25, 0.3) is 5.91 Å². The quantitative estimate of drug-likeness (QED) is 0.738. The van der Waals surface area contributed by atoms with Gasteiger partial charge in [0.05, 0.1) is 24.0 Å². The number of hydrogen-bond acceptors (Lipinski definition) is 3. The summed E-state index contributed by atoms with van der Waals surface area (Å²) in [5.74, 6) is -0.0733. The van der Waals surface area contributed by atoms with E-state index in [-0.39, 0.29) is 5.91 Å². The molecule has 4 rings (SSSR count). The van der Waals surface area contributed by atoms with E-state index in [2.05, 4.69) is 21.0 Å². The Balaban J connectivity index is 1.54. The fourth-order valence-electron chi connectivity index (χ4n) is 3.67. The molecular weight excluding hydrogens is 336 g/mol. The average molecular weight is 360 g/mol. The Bertz CT molecular complexity index is 909. The highest BCUT2D eigenvalue weighted by Gasteiger charge is 2.22. The van der Waals surface area contributed by atoms with Crippen molar-refractivity contribution in [2.45, 2.75) is 45.2 Å². The van der Waals surface area contributed by atoms with Crippen LogP contribution < -0.4 is 5.32 Å². The van der Waals surface area contributed by atoms with Crippen LogP contribution in [0.25, 0.3) is 11.3 Å². The fourth-order valence-corrected chi connectivity index (χ4v) is 3.67. The van der Waals surface area contributed by atoms with Crippen LogP contribution in [0.15, 0.2) is 54.9 Å². The van der Waals surface area contributed by atoms with Gasteiger partial charge >= 0.3 is 0 Å². The van der Waals surface area contributed by atoms with Crippen LogP contribution in [0.2, 0.25) is 0 Å². The Hall–Kier alpha value is -2.95. The summed E-state index contributed by atoms with van der Waals surface area (Å²) in [5, 5.41) is 7.82. The molecule has 27 heavy (non-hydrogen) atoms. The van der Waals surface area contributed by atoms with Crippen molar-refractivity contribution in [1.82, 2.24) is 20.1 Å². The second-order valence-electron chi connectivity index (χ2n) is 7.19. The van der Waals surface area contributed by atoms with Gasteiger partial charge in [0.15, 0.2) is 0 Å². The molecule has 0 atom stereocenters. The predicted molar refractivity (Wildman–Crippen MR) is 105 cm³/mol. The molecule has 0 aliphatic heterocycles. The van der Waals surface area contributed by atoms with E-state index in [1.165, 1.54) is 12.8 Å². The van der Waals surface area contributed by atoms with Crippen LogP contribution in [0.1, 0.15) is 53.3 Å². The molecule has 1 N–H and O–H groups in total. The third-order valence-corrected chi connectivity index (χ3v) is 5.18. The number of carbonyl (C=O) groups excluding carboxylic acids is 1. The molecule has 1 amide bonds. The minimum Gasteiger partial charge on any atom is -0.346 e. The fraction of sp³-hybridized carbons (Fsp3) is 0.318. The summed E-state index contributed by atoms with van der Waals surface area (Å²) in [4.78, 5) is 16.5. The average Bonchev–Trinajstić information content (AvgIpc) is 3.37. The Kier molecular flexibility index (Phi) is 5.01. The van der Waals surface area contributed by atoms with Gasteiger partial charge in [0.1, 0.15) is 0 Å². The van der Waals surface area contributed by atoms with E-state index in [1.807, 2.05) is 43.3 Å². The van der Waals surface area contributed by atoms with Crippen molar-refractivity contribution in [2.75, 3.05) is 0 Å². The van der Waals surface area contributed by atoms with E-state index in [9.17, 15) is 4.79 Å². The number of pyridine rings is 1. The van der Waals surface area contributed by atoms with Crippen LogP contribution in [0.4, 0.5) is 0 Å². The largest absolute Gasteiger partial charge is 0.346 e. The lowest BCUT2D eigenvalue weighted by atomic mass is 10.1. The topological polar surface area (TPSA) is 59.8 Å². The summed E-state index contributed by atoms with van der Waals surface area (Å²) in [6, 6.07) is 14.2. The van der Waals surface area contributed by atoms with E-state index in [0.29, 0.717) is 18.2 Å². The van der Waals surface area contributed by atoms with Crippen molar-refractivity contribution >= 4 is 5.91 Å². The Morgan fingerprint density at radius 1 is 1.11 bits per heavy atom. The number of rotatable bonds is 5. The van der Waals surface area contributed by atoms with Gasteiger partial charge < -0.3 is 5.32 Å². The van der Waals surface area contributed by atoms with Crippen LogP contribution >= 0.6 is 0 Å². The van der Waals surface area contributed by atoms with Crippen molar-refractivity contribution in [3.8, 4) is 11.3 Å². The first-order valence-electron chi connectivity index (χ1n) is 9.54. The third-order valence-electron chi connectivity index (χ3n) is 5.18. The Labute approximate surface area is 159 Å². The van der Waals surface area contributed by atoms with Gasteiger partial charge in [-0.25, -0.2) is 0 Å². The summed E-state index contributed by atoms with van der Waals surface area (Å²) >= 11 is 0. The Morgan fingerprint density at radius 2 is 1.81 bits per heavy atom. The molecule has 0 radical (unpaired) electrons. The van der Waals surface area contributed by atoms with E-state index in [4.69, 9.17) is 5.10 Å². The normalized spacial score (nSPS) is 14.4. The SMILES string of the molecule is Cc1ccc(C(=O)NCc2cc(-c3ccncc3)n(C3CCCC3)n2)cc1. The smallest absolute Gasteiger partial charge is 0.251 e. The molecule has 5 heteroatoms. The first-order chi connectivity index (χ1) is 13.2. The molecule has 5 nitrogen and oxygen atoms in total. The molecule has 1 fully saturated rings. The van der Waals surface area contributed by atoms with Gasteiger partial charge in [-0.3, -0.25) is 14.5 Å². The lowest BCUT2D eigenvalue weighted by molar-refractivity contribution is 0.0950. The summed E-state index contributed by atoms with van der Waals surface area (Å²) in [7, 11) is 0. The maximum atomic E-state index is 12.4. The van der Waals surface area contributed by atoms with Crippen molar-refractivity contribution < 1.29 is 4.79 Å². The lowest BCUT2D eigenvalue weighted by Crippen LogP contribution is -2.23. The van der Waals surface area contributed by atoms with Crippen molar-refractivity contribution in [3.05, 3.63) is 71.7 Å². The van der Waals surface area contributed by atoms with Crippen molar-refractivity contribution in [2.24, 2.45) is 0 Å². The standard InChI is InChI=1S/C22H24N4O/c1-16-6-8-18(9-7-16)22(27)24-15-19-14-21(17-10-12-23-13-11-17)26(25-19)20-4-2-3-5-20/h6-14,20H,2-5,15H2,1H3,(H,24,27). The molecule has 0 unspecified atom stereocenters. The third kappa shape index (κ3) is 3.92. The van der Waals surface area contributed by atoms with E-state index >= 15 is 0 Å². The number of aryl methyl sites for hydroxylation is 1. The molecule has 0 saturated heterocycles. The number of amides is 1. The molecular formula is C22H24N4O. The van der Waals surface area contributed by atoms with E-state index in [0.717, 1.165) is 35.4 Å². The summed E-state index contributed by atoms with van der Waals surface area (Å²) in [6.45, 7) is 2.43. The zero-order chi connectivity index (χ0) is 18.6. The number of nitrogens with one attached hydrogen (secondary N) is 1. The lowest BCUT2D eigenvalue weighted by Gasteiger charge is -2.14.